The van der Waals surface area contributed by atoms with Crippen molar-refractivity contribution in [1.29, 1.82) is 0 Å². The fourth-order valence-electron chi connectivity index (χ4n) is 8.59. The van der Waals surface area contributed by atoms with E-state index in [2.05, 4.69) is 223 Å². The first-order valence-electron chi connectivity index (χ1n) is 20.6. The van der Waals surface area contributed by atoms with Crippen molar-refractivity contribution in [3.8, 4) is 56.3 Å². The molecule has 61 heavy (non-hydrogen) atoms. The topological polar surface area (TPSA) is 41.9 Å². The van der Waals surface area contributed by atoms with Crippen LogP contribution in [0.1, 0.15) is 0 Å². The minimum Gasteiger partial charge on any atom is -0.310 e. The van der Waals surface area contributed by atoms with Gasteiger partial charge < -0.3 is 4.90 Å². The highest BCUT2D eigenvalue weighted by atomic mass is 15.1. The Morgan fingerprint density at radius 2 is 0.836 bits per heavy atom. The van der Waals surface area contributed by atoms with E-state index >= 15 is 0 Å². The molecule has 0 saturated heterocycles. The van der Waals surface area contributed by atoms with Crippen molar-refractivity contribution in [2.75, 3.05) is 4.90 Å². The third-order valence-electron chi connectivity index (χ3n) is 11.4. The van der Waals surface area contributed by atoms with Gasteiger partial charge in [-0.2, -0.15) is 0 Å². The molecule has 0 spiro atoms. The average molecular weight is 779 g/mol. The molecule has 0 aliphatic carbocycles. The van der Waals surface area contributed by atoms with Gasteiger partial charge in [-0.3, -0.25) is 0 Å². The number of fused-ring (bicyclic) bond motifs is 5. The number of nitrogens with zero attached hydrogens (tertiary/aromatic N) is 4. The first-order valence-corrected chi connectivity index (χ1v) is 20.6. The Morgan fingerprint density at radius 3 is 1.52 bits per heavy atom. The van der Waals surface area contributed by atoms with Crippen LogP contribution in [0.25, 0.3) is 88.7 Å². The van der Waals surface area contributed by atoms with E-state index in [9.17, 15) is 0 Å². The minimum atomic E-state index is 0.660. The predicted octanol–water partition coefficient (Wildman–Crippen LogP) is 15.1. The molecule has 0 saturated carbocycles. The van der Waals surface area contributed by atoms with E-state index in [1.54, 1.807) is 0 Å². The number of rotatable bonds is 8. The van der Waals surface area contributed by atoms with Gasteiger partial charge >= 0.3 is 0 Å². The summed E-state index contributed by atoms with van der Waals surface area (Å²) >= 11 is 0. The summed E-state index contributed by atoms with van der Waals surface area (Å²) in [5.74, 6) is 0.660. The molecule has 0 N–H and O–H groups in total. The van der Waals surface area contributed by atoms with Gasteiger partial charge in [0.2, 0.25) is 0 Å². The van der Waals surface area contributed by atoms with Gasteiger partial charge in [0, 0.05) is 49.8 Å². The zero-order chi connectivity index (χ0) is 40.5. The molecule has 0 atom stereocenters. The molecule has 11 aromatic rings. The van der Waals surface area contributed by atoms with Crippen LogP contribution in [-0.4, -0.2) is 15.0 Å². The van der Waals surface area contributed by atoms with E-state index in [0.29, 0.717) is 5.82 Å². The van der Waals surface area contributed by atoms with Gasteiger partial charge in [-0.1, -0.05) is 188 Å². The molecule has 4 heteroatoms. The van der Waals surface area contributed by atoms with Crippen LogP contribution in [0.3, 0.4) is 0 Å². The van der Waals surface area contributed by atoms with E-state index < -0.39 is 0 Å². The van der Waals surface area contributed by atoms with Crippen LogP contribution >= 0.6 is 0 Å². The number of anilines is 3. The van der Waals surface area contributed by atoms with Gasteiger partial charge in [0.25, 0.3) is 0 Å². The maximum Gasteiger partial charge on any atom is 0.160 e. The van der Waals surface area contributed by atoms with Gasteiger partial charge in [-0.05, 0) is 64.4 Å². The Balaban J connectivity index is 1.20. The van der Waals surface area contributed by atoms with E-state index in [-0.39, 0.29) is 0 Å². The Hall–Kier alpha value is -8.21. The fourth-order valence-corrected chi connectivity index (χ4v) is 8.59. The normalized spacial score (nSPS) is 11.3. The highest BCUT2D eigenvalue weighted by molar-refractivity contribution is 6.27. The summed E-state index contributed by atoms with van der Waals surface area (Å²) in [5.41, 5.74) is 12.9. The number of aromatic nitrogens is 3. The molecule has 2 heterocycles. The molecule has 0 radical (unpaired) electrons. The lowest BCUT2D eigenvalue weighted by Crippen LogP contribution is -2.11. The molecular weight excluding hydrogens is 741 g/mol. The molecule has 0 unspecified atom stereocenters. The average Bonchev–Trinajstić information content (AvgIpc) is 3.35. The third-order valence-corrected chi connectivity index (χ3v) is 11.4. The van der Waals surface area contributed by atoms with Gasteiger partial charge in [0.1, 0.15) is 0 Å². The molecule has 4 nitrogen and oxygen atoms in total. The summed E-state index contributed by atoms with van der Waals surface area (Å²) < 4.78 is 0. The monoisotopic (exact) mass is 778 g/mol. The molecule has 2 aromatic heterocycles. The Morgan fingerprint density at radius 1 is 0.328 bits per heavy atom. The summed E-state index contributed by atoms with van der Waals surface area (Å²) in [6.45, 7) is 0. The SMILES string of the molecule is c1ccc(-c2ccc(-c3nc(-c4ccccc4)cc(-c4ccccc4-c4nc5ccccc5c5c4c(N(c4ccccc4)c4ccccc4)cc4ccccc45)n3)cc2)cc1. The molecule has 0 aliphatic rings. The number of hydrogen-bond acceptors (Lipinski definition) is 4. The number of pyridine rings is 1. The van der Waals surface area contributed by atoms with Crippen molar-refractivity contribution < 1.29 is 0 Å². The Labute approximate surface area is 354 Å². The second kappa shape index (κ2) is 15.5. The van der Waals surface area contributed by atoms with Gasteiger partial charge in [0.15, 0.2) is 5.82 Å². The lowest BCUT2D eigenvalue weighted by Gasteiger charge is -2.29. The Kier molecular flexibility index (Phi) is 9.14. The van der Waals surface area contributed by atoms with Crippen LogP contribution in [0.15, 0.2) is 231 Å². The van der Waals surface area contributed by atoms with Crippen molar-refractivity contribution in [3.63, 3.8) is 0 Å². The largest absolute Gasteiger partial charge is 0.310 e. The highest BCUT2D eigenvalue weighted by Gasteiger charge is 2.24. The van der Waals surface area contributed by atoms with Crippen molar-refractivity contribution in [3.05, 3.63) is 231 Å². The summed E-state index contributed by atoms with van der Waals surface area (Å²) in [5, 5.41) is 5.66. The van der Waals surface area contributed by atoms with Crippen LogP contribution in [0.5, 0.6) is 0 Å². The van der Waals surface area contributed by atoms with Crippen LogP contribution in [0.2, 0.25) is 0 Å². The van der Waals surface area contributed by atoms with Crippen molar-refractivity contribution in [1.82, 2.24) is 15.0 Å². The molecule has 0 fully saturated rings. The minimum absolute atomic E-state index is 0.660. The van der Waals surface area contributed by atoms with Crippen molar-refractivity contribution >= 4 is 49.5 Å². The van der Waals surface area contributed by atoms with Crippen LogP contribution in [-0.2, 0) is 0 Å². The second-order valence-electron chi connectivity index (χ2n) is 15.2. The molecular formula is C57H38N4. The smallest absolute Gasteiger partial charge is 0.160 e. The first kappa shape index (κ1) is 35.9. The van der Waals surface area contributed by atoms with Gasteiger partial charge in [0.05, 0.1) is 28.3 Å². The maximum atomic E-state index is 5.63. The molecule has 0 bridgehead atoms. The van der Waals surface area contributed by atoms with Crippen LogP contribution < -0.4 is 4.90 Å². The predicted molar refractivity (Wildman–Crippen MR) is 254 cm³/mol. The van der Waals surface area contributed by atoms with Gasteiger partial charge in [-0.25, -0.2) is 15.0 Å². The summed E-state index contributed by atoms with van der Waals surface area (Å²) in [6.07, 6.45) is 0. The van der Waals surface area contributed by atoms with Crippen molar-refractivity contribution in [2.24, 2.45) is 0 Å². The van der Waals surface area contributed by atoms with E-state index in [1.165, 1.54) is 10.9 Å². The Bertz CT molecular complexity index is 3280. The zero-order valence-corrected chi connectivity index (χ0v) is 33.2. The fraction of sp³-hybridized carbons (Fsp3) is 0. The summed E-state index contributed by atoms with van der Waals surface area (Å²) in [7, 11) is 0. The quantitative estimate of drug-likeness (QED) is 0.144. The molecule has 0 amide bonds. The summed E-state index contributed by atoms with van der Waals surface area (Å²) in [6, 6.07) is 80.9. The lowest BCUT2D eigenvalue weighted by atomic mass is 9.91. The number of para-hydroxylation sites is 3. The standard InChI is InChI=1S/C57H38N4/c1-5-19-39(20-6-1)40-33-35-42(36-34-40)57-59-51(41-21-7-2-8-22-41)38-52(60-57)47-29-15-16-30-48(47)56-55-53(61(44-24-9-3-10-25-44)45-26-11-4-12-27-45)37-43-23-13-14-28-46(43)54(55)49-31-17-18-32-50(49)58-56/h1-38H. The zero-order valence-electron chi connectivity index (χ0n) is 33.2. The molecule has 286 valence electrons. The molecule has 9 aromatic carbocycles. The maximum absolute atomic E-state index is 5.63. The van der Waals surface area contributed by atoms with E-state index in [4.69, 9.17) is 15.0 Å². The molecule has 11 rings (SSSR count). The third kappa shape index (κ3) is 6.67. The van der Waals surface area contributed by atoms with Gasteiger partial charge in [-0.15, -0.1) is 0 Å². The second-order valence-corrected chi connectivity index (χ2v) is 15.2. The van der Waals surface area contributed by atoms with Crippen LogP contribution in [0, 0.1) is 0 Å². The number of hydrogen-bond donors (Lipinski definition) is 0. The van der Waals surface area contributed by atoms with Crippen molar-refractivity contribution in [2.45, 2.75) is 0 Å². The molecule has 0 aliphatic heterocycles. The van der Waals surface area contributed by atoms with Crippen LogP contribution in [0.4, 0.5) is 17.1 Å². The highest BCUT2D eigenvalue weighted by Crippen LogP contribution is 2.48. The lowest BCUT2D eigenvalue weighted by molar-refractivity contribution is 1.18. The van der Waals surface area contributed by atoms with E-state index in [1.807, 2.05) is 12.1 Å². The number of benzene rings is 9. The summed E-state index contributed by atoms with van der Waals surface area (Å²) in [4.78, 5) is 18.6. The first-order chi connectivity index (χ1) is 30.3. The van der Waals surface area contributed by atoms with E-state index in [0.717, 1.165) is 89.0 Å².